The van der Waals surface area contributed by atoms with Gasteiger partial charge in [0.2, 0.25) is 0 Å². The Morgan fingerprint density at radius 3 is 2.60 bits per heavy atom. The van der Waals surface area contributed by atoms with Gasteiger partial charge in [-0.05, 0) is 25.7 Å². The fourth-order valence-corrected chi connectivity index (χ4v) is 3.96. The number of ether oxygens (including phenoxy) is 1. The summed E-state index contributed by atoms with van der Waals surface area (Å²) in [5.41, 5.74) is 0.443. The van der Waals surface area contributed by atoms with Gasteiger partial charge in [-0.15, -0.1) is 0 Å². The van der Waals surface area contributed by atoms with E-state index in [2.05, 4.69) is 24.1 Å². The van der Waals surface area contributed by atoms with Crippen LogP contribution < -0.4 is 5.32 Å². The zero-order valence-electron chi connectivity index (χ0n) is 13.6. The first kappa shape index (κ1) is 16.3. The molecule has 20 heavy (non-hydrogen) atoms. The quantitative estimate of drug-likeness (QED) is 0.726. The Hall–Kier alpha value is -0.120. The highest BCUT2D eigenvalue weighted by Crippen LogP contribution is 2.35. The van der Waals surface area contributed by atoms with Crippen LogP contribution in [0.5, 0.6) is 0 Å². The minimum atomic E-state index is 0.443. The predicted octanol–water partition coefficient (Wildman–Crippen LogP) is 3.19. The van der Waals surface area contributed by atoms with Crippen LogP contribution >= 0.6 is 0 Å². The van der Waals surface area contributed by atoms with Crippen LogP contribution in [-0.4, -0.2) is 49.3 Å². The summed E-state index contributed by atoms with van der Waals surface area (Å²) >= 11 is 0. The zero-order chi connectivity index (χ0) is 14.3. The SMILES string of the molecule is CCCOCCN1CC(CCC)NCC12CCCCC2. The van der Waals surface area contributed by atoms with Crippen LogP contribution in [0, 0.1) is 0 Å². The lowest BCUT2D eigenvalue weighted by Crippen LogP contribution is -2.65. The van der Waals surface area contributed by atoms with Gasteiger partial charge in [-0.1, -0.05) is 39.5 Å². The van der Waals surface area contributed by atoms with E-state index in [1.807, 2.05) is 0 Å². The average Bonchev–Trinajstić information content (AvgIpc) is 2.48. The molecule has 0 amide bonds. The van der Waals surface area contributed by atoms with E-state index in [-0.39, 0.29) is 0 Å². The summed E-state index contributed by atoms with van der Waals surface area (Å²) in [6.45, 7) is 9.86. The molecule has 1 aliphatic heterocycles. The topological polar surface area (TPSA) is 24.5 Å². The Kier molecular flexibility index (Phi) is 6.79. The van der Waals surface area contributed by atoms with Crippen molar-refractivity contribution in [3.63, 3.8) is 0 Å². The van der Waals surface area contributed by atoms with Crippen molar-refractivity contribution in [3.05, 3.63) is 0 Å². The van der Waals surface area contributed by atoms with Gasteiger partial charge in [-0.2, -0.15) is 0 Å². The molecule has 3 nitrogen and oxygen atoms in total. The van der Waals surface area contributed by atoms with E-state index >= 15 is 0 Å². The van der Waals surface area contributed by atoms with Crippen molar-refractivity contribution >= 4 is 0 Å². The average molecular weight is 282 g/mol. The maximum atomic E-state index is 5.75. The molecule has 1 unspecified atom stereocenters. The van der Waals surface area contributed by atoms with E-state index < -0.39 is 0 Å². The lowest BCUT2D eigenvalue weighted by molar-refractivity contribution is -0.0125. The first-order chi connectivity index (χ1) is 9.80. The third-order valence-corrected chi connectivity index (χ3v) is 5.11. The van der Waals surface area contributed by atoms with Gasteiger partial charge in [0.1, 0.15) is 0 Å². The Morgan fingerprint density at radius 1 is 1.10 bits per heavy atom. The second-order valence-corrected chi connectivity index (χ2v) is 6.71. The van der Waals surface area contributed by atoms with Crippen molar-refractivity contribution in [1.82, 2.24) is 10.2 Å². The zero-order valence-corrected chi connectivity index (χ0v) is 13.6. The van der Waals surface area contributed by atoms with Gasteiger partial charge in [-0.25, -0.2) is 0 Å². The van der Waals surface area contributed by atoms with Gasteiger partial charge in [0.05, 0.1) is 6.61 Å². The second kappa shape index (κ2) is 8.35. The normalized spacial score (nSPS) is 27.0. The molecule has 1 saturated heterocycles. The molecule has 1 heterocycles. The van der Waals surface area contributed by atoms with Crippen LogP contribution in [0.1, 0.15) is 65.2 Å². The molecule has 2 aliphatic rings. The fourth-order valence-electron chi connectivity index (χ4n) is 3.96. The van der Waals surface area contributed by atoms with E-state index in [9.17, 15) is 0 Å². The summed E-state index contributed by atoms with van der Waals surface area (Å²) in [6, 6.07) is 0.693. The molecule has 3 heteroatoms. The third-order valence-electron chi connectivity index (χ3n) is 5.11. The molecule has 2 fully saturated rings. The molecule has 0 aromatic heterocycles. The Bertz CT molecular complexity index is 264. The number of hydrogen-bond donors (Lipinski definition) is 1. The minimum absolute atomic E-state index is 0.443. The van der Waals surface area contributed by atoms with E-state index in [0.29, 0.717) is 11.6 Å². The number of hydrogen-bond acceptors (Lipinski definition) is 3. The van der Waals surface area contributed by atoms with Crippen molar-refractivity contribution < 1.29 is 4.74 Å². The molecule has 1 saturated carbocycles. The van der Waals surface area contributed by atoms with Crippen LogP contribution in [0.3, 0.4) is 0 Å². The predicted molar refractivity (Wildman–Crippen MR) is 85.2 cm³/mol. The molecule has 0 radical (unpaired) electrons. The van der Waals surface area contributed by atoms with E-state index in [4.69, 9.17) is 4.74 Å². The lowest BCUT2D eigenvalue weighted by Gasteiger charge is -2.52. The van der Waals surface area contributed by atoms with Gasteiger partial charge < -0.3 is 10.1 Å². The standard InChI is InChI=1S/C17H34N2O/c1-3-8-16-14-19(11-13-20-12-4-2)17(15-18-16)9-6-5-7-10-17/h16,18H,3-15H2,1-2H3. The summed E-state index contributed by atoms with van der Waals surface area (Å²) in [4.78, 5) is 2.78. The lowest BCUT2D eigenvalue weighted by atomic mass is 9.78. The molecule has 0 aromatic rings. The number of piperazine rings is 1. The summed E-state index contributed by atoms with van der Waals surface area (Å²) in [5, 5.41) is 3.83. The molecule has 1 N–H and O–H groups in total. The number of nitrogens with zero attached hydrogens (tertiary/aromatic N) is 1. The van der Waals surface area contributed by atoms with Crippen molar-refractivity contribution in [3.8, 4) is 0 Å². The van der Waals surface area contributed by atoms with Gasteiger partial charge in [0.25, 0.3) is 0 Å². The van der Waals surface area contributed by atoms with Crippen LogP contribution in [0.4, 0.5) is 0 Å². The van der Waals surface area contributed by atoms with E-state index in [0.717, 1.165) is 26.2 Å². The number of rotatable bonds is 7. The molecular formula is C17H34N2O. The Labute approximate surface area is 125 Å². The first-order valence-corrected chi connectivity index (χ1v) is 8.87. The monoisotopic (exact) mass is 282 g/mol. The van der Waals surface area contributed by atoms with Crippen molar-refractivity contribution in [2.45, 2.75) is 76.8 Å². The van der Waals surface area contributed by atoms with Crippen LogP contribution in [0.25, 0.3) is 0 Å². The summed E-state index contributed by atoms with van der Waals surface area (Å²) in [5.74, 6) is 0. The molecule has 1 atom stereocenters. The fraction of sp³-hybridized carbons (Fsp3) is 1.00. The van der Waals surface area contributed by atoms with Crippen molar-refractivity contribution in [2.24, 2.45) is 0 Å². The largest absolute Gasteiger partial charge is 0.380 e. The van der Waals surface area contributed by atoms with Gasteiger partial charge in [0.15, 0.2) is 0 Å². The number of nitrogens with one attached hydrogen (secondary N) is 1. The highest BCUT2D eigenvalue weighted by molar-refractivity contribution is 5.00. The molecule has 0 bridgehead atoms. The maximum Gasteiger partial charge on any atom is 0.0593 e. The molecular weight excluding hydrogens is 248 g/mol. The Morgan fingerprint density at radius 2 is 1.90 bits per heavy atom. The second-order valence-electron chi connectivity index (χ2n) is 6.71. The smallest absolute Gasteiger partial charge is 0.0593 e. The van der Waals surface area contributed by atoms with Crippen LogP contribution in [-0.2, 0) is 4.74 Å². The van der Waals surface area contributed by atoms with Crippen molar-refractivity contribution in [1.29, 1.82) is 0 Å². The summed E-state index contributed by atoms with van der Waals surface area (Å²) < 4.78 is 5.75. The first-order valence-electron chi connectivity index (χ1n) is 8.87. The Balaban J connectivity index is 1.90. The summed E-state index contributed by atoms with van der Waals surface area (Å²) in [7, 11) is 0. The molecule has 2 rings (SSSR count). The minimum Gasteiger partial charge on any atom is -0.380 e. The highest BCUT2D eigenvalue weighted by Gasteiger charge is 2.41. The van der Waals surface area contributed by atoms with Crippen LogP contribution in [0.2, 0.25) is 0 Å². The van der Waals surface area contributed by atoms with Crippen molar-refractivity contribution in [2.75, 3.05) is 32.8 Å². The molecule has 1 spiro atoms. The van der Waals surface area contributed by atoms with Crippen LogP contribution in [0.15, 0.2) is 0 Å². The van der Waals surface area contributed by atoms with E-state index in [1.54, 1.807) is 0 Å². The molecule has 118 valence electrons. The molecule has 1 aliphatic carbocycles. The highest BCUT2D eigenvalue weighted by atomic mass is 16.5. The van der Waals surface area contributed by atoms with Gasteiger partial charge >= 0.3 is 0 Å². The third kappa shape index (κ3) is 4.19. The summed E-state index contributed by atoms with van der Waals surface area (Å²) in [6.07, 6.45) is 10.7. The van der Waals surface area contributed by atoms with E-state index in [1.165, 1.54) is 58.0 Å². The maximum absolute atomic E-state index is 5.75. The van der Waals surface area contributed by atoms with Gasteiger partial charge in [0, 0.05) is 37.8 Å². The molecule has 0 aromatic carbocycles. The van der Waals surface area contributed by atoms with Gasteiger partial charge in [-0.3, -0.25) is 4.90 Å².